The van der Waals surface area contributed by atoms with E-state index >= 15 is 0 Å². The van der Waals surface area contributed by atoms with Gasteiger partial charge in [0, 0.05) is 6.07 Å². The van der Waals surface area contributed by atoms with E-state index in [0.29, 0.717) is 11.5 Å². The third-order valence-corrected chi connectivity index (χ3v) is 4.04. The number of phenolic OH excluding ortho intramolecular Hbond substituents is 1. The van der Waals surface area contributed by atoms with Gasteiger partial charge in [-0.1, -0.05) is 23.9 Å². The minimum absolute atomic E-state index is 0.0569. The van der Waals surface area contributed by atoms with Crippen LogP contribution in [0.5, 0.6) is 17.2 Å². The molecule has 0 atom stereocenters. The second-order valence-electron chi connectivity index (χ2n) is 6.39. The van der Waals surface area contributed by atoms with Crippen LogP contribution < -0.4 is 9.47 Å². The van der Waals surface area contributed by atoms with E-state index in [4.69, 9.17) is 14.0 Å². The molecule has 0 fully saturated rings. The van der Waals surface area contributed by atoms with Crippen LogP contribution in [0.1, 0.15) is 12.6 Å². The summed E-state index contributed by atoms with van der Waals surface area (Å²) in [6, 6.07) is 10.2. The summed E-state index contributed by atoms with van der Waals surface area (Å²) in [5.41, 5.74) is -0.399. The summed E-state index contributed by atoms with van der Waals surface area (Å²) < 4.78 is 56.0. The zero-order valence-electron chi connectivity index (χ0n) is 15.7. The summed E-state index contributed by atoms with van der Waals surface area (Å²) in [7, 11) is 1.45. The van der Waals surface area contributed by atoms with E-state index in [1.165, 1.54) is 49.6 Å². The highest BCUT2D eigenvalue weighted by Crippen LogP contribution is 2.45. The third-order valence-electron chi connectivity index (χ3n) is 4.04. The van der Waals surface area contributed by atoms with Gasteiger partial charge in [-0.15, -0.1) is 0 Å². The molecule has 0 spiro atoms. The van der Waals surface area contributed by atoms with Crippen molar-refractivity contribution in [2.45, 2.75) is 13.1 Å². The van der Waals surface area contributed by atoms with Gasteiger partial charge in [0.05, 0.1) is 18.2 Å². The maximum Gasteiger partial charge on any atom is 0.437 e. The normalized spacial score (nSPS) is 11.3. The molecule has 8 heteroatoms. The Bertz CT molecular complexity index is 1020. The number of methoxy groups -OCH3 is 1. The van der Waals surface area contributed by atoms with Crippen LogP contribution in [-0.2, 0) is 6.18 Å². The average molecular weight is 405 g/mol. The molecule has 5 nitrogen and oxygen atoms in total. The Labute approximate surface area is 165 Å². The Hall–Kier alpha value is -3.42. The monoisotopic (exact) mass is 405 g/mol. The van der Waals surface area contributed by atoms with Gasteiger partial charge in [-0.25, -0.2) is 0 Å². The molecular formula is C21H18F3NO4. The highest BCUT2D eigenvalue weighted by atomic mass is 19.4. The lowest BCUT2D eigenvalue weighted by Gasteiger charge is -2.10. The van der Waals surface area contributed by atoms with E-state index in [0.717, 1.165) is 5.57 Å². The van der Waals surface area contributed by atoms with Crippen LogP contribution in [0.25, 0.3) is 22.5 Å². The molecule has 2 aromatic carbocycles. The van der Waals surface area contributed by atoms with Gasteiger partial charge in [0.2, 0.25) is 0 Å². The van der Waals surface area contributed by atoms with Gasteiger partial charge in [-0.3, -0.25) is 0 Å². The summed E-state index contributed by atoms with van der Waals surface area (Å²) in [5.74, 6) is 0.327. The molecule has 0 saturated carbocycles. The maximum atomic E-state index is 13.5. The van der Waals surface area contributed by atoms with Crippen LogP contribution in [0.2, 0.25) is 0 Å². The quantitative estimate of drug-likeness (QED) is 0.533. The first-order valence-electron chi connectivity index (χ1n) is 8.52. The van der Waals surface area contributed by atoms with Crippen LogP contribution in [0.15, 0.2) is 59.1 Å². The van der Waals surface area contributed by atoms with Crippen molar-refractivity contribution in [3.8, 4) is 39.7 Å². The Morgan fingerprint density at radius 2 is 1.79 bits per heavy atom. The largest absolute Gasteiger partial charge is 0.507 e. The molecule has 1 aromatic heterocycles. The minimum Gasteiger partial charge on any atom is -0.507 e. The lowest BCUT2D eigenvalue weighted by atomic mass is 9.98. The number of nitrogens with zero attached hydrogens (tertiary/aromatic N) is 1. The number of rotatable bonds is 6. The van der Waals surface area contributed by atoms with E-state index < -0.39 is 11.9 Å². The van der Waals surface area contributed by atoms with Crippen LogP contribution in [-0.4, -0.2) is 24.0 Å². The average Bonchev–Trinajstić information content (AvgIpc) is 3.11. The second kappa shape index (κ2) is 7.90. The van der Waals surface area contributed by atoms with Crippen molar-refractivity contribution in [3.63, 3.8) is 0 Å². The number of aromatic hydroxyl groups is 1. The Morgan fingerprint density at radius 3 is 2.34 bits per heavy atom. The zero-order valence-corrected chi connectivity index (χ0v) is 15.7. The first kappa shape index (κ1) is 20.3. The lowest BCUT2D eigenvalue weighted by Crippen LogP contribution is -2.07. The van der Waals surface area contributed by atoms with Crippen LogP contribution in [0.4, 0.5) is 13.2 Å². The molecule has 152 valence electrons. The number of alkyl halides is 3. The summed E-state index contributed by atoms with van der Waals surface area (Å²) in [6.07, 6.45) is -4.74. The fourth-order valence-electron chi connectivity index (χ4n) is 2.69. The summed E-state index contributed by atoms with van der Waals surface area (Å²) in [4.78, 5) is 0. The van der Waals surface area contributed by atoms with Crippen molar-refractivity contribution in [1.82, 2.24) is 5.16 Å². The first-order chi connectivity index (χ1) is 13.7. The van der Waals surface area contributed by atoms with Crippen molar-refractivity contribution in [2.24, 2.45) is 0 Å². The first-order valence-corrected chi connectivity index (χ1v) is 8.52. The minimum atomic E-state index is -4.74. The highest BCUT2D eigenvalue weighted by molar-refractivity contribution is 5.84. The van der Waals surface area contributed by atoms with Crippen molar-refractivity contribution in [3.05, 3.63) is 60.3 Å². The van der Waals surface area contributed by atoms with Crippen LogP contribution >= 0.6 is 0 Å². The number of halogens is 3. The summed E-state index contributed by atoms with van der Waals surface area (Å²) in [6.45, 7) is 5.74. The number of benzene rings is 2. The van der Waals surface area contributed by atoms with Gasteiger partial charge < -0.3 is 19.1 Å². The standard InChI is InChI=1S/C21H18F3NO4/c1-12(2)11-28-15-8-9-16(17(26)10-15)19-18(20(25-29-19)21(22,23)24)13-4-6-14(27-3)7-5-13/h4-10,26H,1,11H2,2-3H3. The van der Waals surface area contributed by atoms with Gasteiger partial charge in [0.15, 0.2) is 11.5 Å². The molecule has 0 aliphatic heterocycles. The Balaban J connectivity index is 2.10. The van der Waals surface area contributed by atoms with Crippen LogP contribution in [0, 0.1) is 0 Å². The van der Waals surface area contributed by atoms with Gasteiger partial charge in [-0.2, -0.15) is 13.2 Å². The van der Waals surface area contributed by atoms with Crippen LogP contribution in [0.3, 0.4) is 0 Å². The van der Waals surface area contributed by atoms with Gasteiger partial charge >= 0.3 is 6.18 Å². The highest BCUT2D eigenvalue weighted by Gasteiger charge is 2.40. The summed E-state index contributed by atoms with van der Waals surface area (Å²) >= 11 is 0. The molecule has 0 aliphatic carbocycles. The smallest absolute Gasteiger partial charge is 0.437 e. The molecule has 29 heavy (non-hydrogen) atoms. The topological polar surface area (TPSA) is 64.7 Å². The molecule has 3 aromatic rings. The Kier molecular flexibility index (Phi) is 5.54. The van der Waals surface area contributed by atoms with Crippen molar-refractivity contribution in [1.29, 1.82) is 0 Å². The fraction of sp³-hybridized carbons (Fsp3) is 0.190. The number of ether oxygens (including phenoxy) is 2. The molecular weight excluding hydrogens is 387 g/mol. The number of phenols is 1. The molecule has 0 aliphatic rings. The van der Waals surface area contributed by atoms with Gasteiger partial charge in [0.1, 0.15) is 23.9 Å². The molecule has 0 bridgehead atoms. The van der Waals surface area contributed by atoms with E-state index in [9.17, 15) is 18.3 Å². The number of aromatic nitrogens is 1. The van der Waals surface area contributed by atoms with E-state index in [1.54, 1.807) is 6.92 Å². The molecule has 0 saturated heterocycles. The molecule has 0 radical (unpaired) electrons. The maximum absolute atomic E-state index is 13.5. The number of hydrogen-bond donors (Lipinski definition) is 1. The predicted molar refractivity (Wildman–Crippen MR) is 101 cm³/mol. The lowest BCUT2D eigenvalue weighted by molar-refractivity contribution is -0.142. The SMILES string of the molecule is C=C(C)COc1ccc(-c2onc(C(F)(F)F)c2-c2ccc(OC)cc2)c(O)c1. The van der Waals surface area contributed by atoms with Gasteiger partial charge in [0.25, 0.3) is 0 Å². The van der Waals surface area contributed by atoms with E-state index in [-0.39, 0.29) is 34.8 Å². The molecule has 1 heterocycles. The zero-order chi connectivity index (χ0) is 21.2. The van der Waals surface area contributed by atoms with Crippen molar-refractivity contribution in [2.75, 3.05) is 13.7 Å². The van der Waals surface area contributed by atoms with Crippen molar-refractivity contribution < 1.29 is 32.3 Å². The van der Waals surface area contributed by atoms with Gasteiger partial charge in [-0.05, 0) is 42.3 Å². The second-order valence-corrected chi connectivity index (χ2v) is 6.39. The molecule has 1 N–H and O–H groups in total. The molecule has 0 amide bonds. The Morgan fingerprint density at radius 1 is 1.14 bits per heavy atom. The van der Waals surface area contributed by atoms with E-state index in [2.05, 4.69) is 11.7 Å². The third kappa shape index (κ3) is 4.37. The van der Waals surface area contributed by atoms with Crippen molar-refractivity contribution >= 4 is 0 Å². The summed E-state index contributed by atoms with van der Waals surface area (Å²) in [5, 5.41) is 13.6. The molecule has 0 unspecified atom stereocenters. The number of hydrogen-bond acceptors (Lipinski definition) is 5. The fourth-order valence-corrected chi connectivity index (χ4v) is 2.69. The molecule has 3 rings (SSSR count). The van der Waals surface area contributed by atoms with E-state index in [1.807, 2.05) is 0 Å². The predicted octanol–water partition coefficient (Wildman–Crippen LogP) is 5.70.